The molecule has 5 rings (SSSR count). The van der Waals surface area contributed by atoms with Gasteiger partial charge in [0.2, 0.25) is 11.8 Å². The monoisotopic (exact) mass is 617 g/mol. The van der Waals surface area contributed by atoms with E-state index in [1.807, 2.05) is 50.2 Å². The zero-order valence-electron chi connectivity index (χ0n) is 25.3. The van der Waals surface area contributed by atoms with Crippen LogP contribution in [0.15, 0.2) is 53.8 Å². The second-order valence-corrected chi connectivity index (χ2v) is 12.6. The van der Waals surface area contributed by atoms with E-state index in [2.05, 4.69) is 36.1 Å². The average Bonchev–Trinajstić information content (AvgIpc) is 3.71. The van der Waals surface area contributed by atoms with Crippen molar-refractivity contribution in [3.8, 4) is 5.75 Å². The average molecular weight is 618 g/mol. The number of pyridine rings is 1. The molecule has 13 heteroatoms. The number of halogens is 3. The van der Waals surface area contributed by atoms with E-state index in [0.717, 1.165) is 16.9 Å². The Morgan fingerprint density at radius 1 is 1.16 bits per heavy atom. The van der Waals surface area contributed by atoms with Gasteiger partial charge in [0.15, 0.2) is 5.96 Å². The molecule has 10 nitrogen and oxygen atoms in total. The van der Waals surface area contributed by atoms with E-state index in [1.54, 1.807) is 17.3 Å². The molecule has 44 heavy (non-hydrogen) atoms. The fourth-order valence-corrected chi connectivity index (χ4v) is 5.72. The molecular weight excluding hydrogens is 579 g/mol. The largest absolute Gasteiger partial charge is 0.490 e. The predicted octanol–water partition coefficient (Wildman–Crippen LogP) is 4.77. The summed E-state index contributed by atoms with van der Waals surface area (Å²) in [6.45, 7) is 10.2. The summed E-state index contributed by atoms with van der Waals surface area (Å²) in [5, 5.41) is 10.4. The zero-order chi connectivity index (χ0) is 32.6. The summed E-state index contributed by atoms with van der Waals surface area (Å²) in [6.07, 6.45) is -0.0133. The molecule has 2 unspecified atom stereocenters. The molecule has 2 amide bonds. The minimum atomic E-state index is -5.08. The highest BCUT2D eigenvalue weighted by Gasteiger charge is 2.53. The second kappa shape index (κ2) is 12.1. The van der Waals surface area contributed by atoms with Crippen molar-refractivity contribution in [3.63, 3.8) is 0 Å². The van der Waals surface area contributed by atoms with Crippen molar-refractivity contribution in [2.24, 2.45) is 28.5 Å². The number of alkyl halides is 3. The Balaban J connectivity index is 0.000000566. The third kappa shape index (κ3) is 7.13. The van der Waals surface area contributed by atoms with E-state index >= 15 is 0 Å². The van der Waals surface area contributed by atoms with Crippen LogP contribution in [0.3, 0.4) is 0 Å². The van der Waals surface area contributed by atoms with Gasteiger partial charge in [-0.1, -0.05) is 38.1 Å². The molecule has 1 aromatic heterocycles. The smallest absolute Gasteiger partial charge is 0.487 e. The molecule has 1 aliphatic carbocycles. The molecule has 5 atom stereocenters. The van der Waals surface area contributed by atoms with Crippen molar-refractivity contribution in [1.29, 1.82) is 0 Å². The molecule has 238 valence electrons. The number of carbonyl (C=O) groups excluding carboxylic acids is 2. The number of amides is 2. The number of nitrogens with one attached hydrogen (secondary N) is 1. The molecule has 3 aliphatic rings. The van der Waals surface area contributed by atoms with Crippen LogP contribution in [0.1, 0.15) is 77.1 Å². The number of nitrogens with two attached hydrogens (primary N) is 1. The molecule has 0 bridgehead atoms. The van der Waals surface area contributed by atoms with Gasteiger partial charge in [0, 0.05) is 30.3 Å². The molecule has 1 saturated carbocycles. The maximum absolute atomic E-state index is 13.6. The van der Waals surface area contributed by atoms with Gasteiger partial charge in [-0.15, -0.1) is 0 Å². The number of aliphatic carboxylic acids is 1. The number of aromatic nitrogens is 1. The van der Waals surface area contributed by atoms with Crippen LogP contribution in [0.2, 0.25) is 0 Å². The first kappa shape index (κ1) is 32.7. The molecule has 0 radical (unpaired) electrons. The standard InChI is InChI=1S/C29H37N5O3.C2HF3O2/c1-17(2)29(5)14-22(19-10-6-7-11-23(19)37-29)32-26(36)21-13-20(21)25(18-9-8-12-31-16-18)34-24(35)15-28(3,4)33-27(34)30;3-2(4,5)1(6)7/h6-12,16-17,20-22,25H,13-15H2,1-5H3,(H2,30,33)(H,32,36);(H,6,7)/t20-,21-,22?,25+,29?;/m1./s1. The van der Waals surface area contributed by atoms with Crippen molar-refractivity contribution >= 4 is 23.7 Å². The molecule has 2 aliphatic heterocycles. The number of aliphatic imine (C=N–C) groups is 1. The molecule has 1 fully saturated rings. The summed E-state index contributed by atoms with van der Waals surface area (Å²) in [5.41, 5.74) is 7.28. The zero-order valence-corrected chi connectivity index (χ0v) is 25.3. The van der Waals surface area contributed by atoms with E-state index in [0.29, 0.717) is 12.8 Å². The van der Waals surface area contributed by atoms with Crippen LogP contribution in [0.5, 0.6) is 5.75 Å². The first-order valence-corrected chi connectivity index (χ1v) is 14.4. The van der Waals surface area contributed by atoms with Crippen LogP contribution >= 0.6 is 0 Å². The Morgan fingerprint density at radius 3 is 2.39 bits per heavy atom. The summed E-state index contributed by atoms with van der Waals surface area (Å²) in [7, 11) is 0. The summed E-state index contributed by atoms with van der Waals surface area (Å²) in [6, 6.07) is 11.2. The minimum Gasteiger partial charge on any atom is -0.487 e. The lowest BCUT2D eigenvalue weighted by molar-refractivity contribution is -0.192. The van der Waals surface area contributed by atoms with Crippen molar-refractivity contribution in [3.05, 3.63) is 59.9 Å². The van der Waals surface area contributed by atoms with E-state index < -0.39 is 17.7 Å². The number of rotatable bonds is 6. The van der Waals surface area contributed by atoms with Crippen molar-refractivity contribution in [1.82, 2.24) is 15.2 Å². The number of benzene rings is 1. The van der Waals surface area contributed by atoms with Crippen LogP contribution in [0, 0.1) is 17.8 Å². The lowest BCUT2D eigenvalue weighted by Gasteiger charge is -2.43. The van der Waals surface area contributed by atoms with Gasteiger partial charge in [0.1, 0.15) is 11.4 Å². The SMILES string of the molecule is CC(C)C1(C)CC(NC(=O)[C@@H]2C[C@H]2[C@H](c2cccnc2)N2C(=O)CC(C)(C)N=C2N)c2ccccc2O1.O=C(O)C(F)(F)F. The Bertz CT molecular complexity index is 1430. The van der Waals surface area contributed by atoms with Crippen LogP contribution in [-0.4, -0.2) is 56.0 Å². The van der Waals surface area contributed by atoms with Gasteiger partial charge >= 0.3 is 12.1 Å². The first-order valence-electron chi connectivity index (χ1n) is 14.4. The van der Waals surface area contributed by atoms with Gasteiger partial charge in [-0.05, 0) is 56.7 Å². The molecular formula is C31H38F3N5O5. The number of ether oxygens (including phenoxy) is 1. The Hall–Kier alpha value is -4.16. The summed E-state index contributed by atoms with van der Waals surface area (Å²) < 4.78 is 38.1. The van der Waals surface area contributed by atoms with Crippen molar-refractivity contribution in [2.45, 2.75) is 83.3 Å². The number of hydrogen-bond acceptors (Lipinski definition) is 7. The first-order chi connectivity index (χ1) is 20.4. The van der Waals surface area contributed by atoms with Crippen molar-refractivity contribution < 1.29 is 37.4 Å². The highest BCUT2D eigenvalue weighted by molar-refractivity contribution is 5.99. The summed E-state index contributed by atoms with van der Waals surface area (Å²) >= 11 is 0. The van der Waals surface area contributed by atoms with E-state index in [-0.39, 0.29) is 59.6 Å². The van der Waals surface area contributed by atoms with Gasteiger partial charge in [-0.2, -0.15) is 13.2 Å². The van der Waals surface area contributed by atoms with Crippen LogP contribution in [-0.2, 0) is 14.4 Å². The lowest BCUT2D eigenvalue weighted by Crippen LogP contribution is -2.52. The minimum absolute atomic E-state index is 0.00741. The molecule has 0 saturated heterocycles. The molecule has 0 spiro atoms. The van der Waals surface area contributed by atoms with Crippen LogP contribution in [0.4, 0.5) is 13.2 Å². The van der Waals surface area contributed by atoms with E-state index in [9.17, 15) is 22.8 Å². The topological polar surface area (TPSA) is 147 Å². The number of carboxylic acid groups (broad SMARTS) is 1. The number of guanidine groups is 1. The fraction of sp³-hybridized carbons (Fsp3) is 0.516. The Morgan fingerprint density at radius 2 is 1.82 bits per heavy atom. The molecule has 1 aromatic carbocycles. The highest BCUT2D eigenvalue weighted by atomic mass is 19.4. The van der Waals surface area contributed by atoms with Gasteiger partial charge < -0.3 is 20.9 Å². The van der Waals surface area contributed by atoms with Crippen LogP contribution in [0.25, 0.3) is 0 Å². The quantitative estimate of drug-likeness (QED) is 0.423. The number of hydrogen-bond donors (Lipinski definition) is 3. The number of nitrogens with zero attached hydrogens (tertiary/aromatic N) is 3. The fourth-order valence-electron chi connectivity index (χ4n) is 5.72. The maximum Gasteiger partial charge on any atom is 0.490 e. The van der Waals surface area contributed by atoms with Gasteiger partial charge in [-0.25, -0.2) is 9.79 Å². The summed E-state index contributed by atoms with van der Waals surface area (Å²) in [4.78, 5) is 46.2. The van der Waals surface area contributed by atoms with Gasteiger partial charge in [-0.3, -0.25) is 19.5 Å². The third-order valence-corrected chi connectivity index (χ3v) is 8.43. The van der Waals surface area contributed by atoms with Crippen LogP contribution < -0.4 is 15.8 Å². The maximum atomic E-state index is 13.6. The number of fused-ring (bicyclic) bond motifs is 1. The highest BCUT2D eigenvalue weighted by Crippen LogP contribution is 2.52. The van der Waals surface area contributed by atoms with Gasteiger partial charge in [0.25, 0.3) is 0 Å². The number of carbonyl (C=O) groups is 3. The Labute approximate surface area is 253 Å². The normalized spacial score (nSPS) is 26.3. The molecule has 3 heterocycles. The molecule has 4 N–H and O–H groups in total. The molecule has 2 aromatic rings. The lowest BCUT2D eigenvalue weighted by atomic mass is 9.81. The summed E-state index contributed by atoms with van der Waals surface area (Å²) in [5.74, 6) is -1.85. The van der Waals surface area contributed by atoms with E-state index in [4.69, 9.17) is 20.4 Å². The second-order valence-electron chi connectivity index (χ2n) is 12.6. The Kier molecular flexibility index (Phi) is 8.99. The van der Waals surface area contributed by atoms with E-state index in [1.165, 1.54) is 0 Å². The van der Waals surface area contributed by atoms with Crippen molar-refractivity contribution in [2.75, 3.05) is 0 Å². The third-order valence-electron chi connectivity index (χ3n) is 8.43. The van der Waals surface area contributed by atoms with Gasteiger partial charge in [0.05, 0.1) is 24.0 Å². The number of para-hydroxylation sites is 1. The number of carboxylic acids is 1. The predicted molar refractivity (Wildman–Crippen MR) is 155 cm³/mol.